The Kier molecular flexibility index (Phi) is 5.31. The van der Waals surface area contributed by atoms with E-state index in [0.717, 1.165) is 35.1 Å². The third-order valence-electron chi connectivity index (χ3n) is 6.14. The number of imide groups is 1. The molecular weight excluding hydrogens is 442 g/mol. The van der Waals surface area contributed by atoms with E-state index in [1.807, 2.05) is 31.4 Å². The molecule has 6 nitrogen and oxygen atoms in total. The van der Waals surface area contributed by atoms with Crippen LogP contribution in [0.4, 0.5) is 5.69 Å². The van der Waals surface area contributed by atoms with E-state index in [0.29, 0.717) is 12.2 Å². The number of amides is 3. The van der Waals surface area contributed by atoms with Gasteiger partial charge in [0.25, 0.3) is 0 Å². The number of unbranched alkanes of at least 4 members (excludes halogenated alkanes) is 1. The van der Waals surface area contributed by atoms with E-state index < -0.39 is 17.4 Å². The fourth-order valence-electron chi connectivity index (χ4n) is 4.86. The second kappa shape index (κ2) is 7.46. The lowest BCUT2D eigenvalue weighted by molar-refractivity contribution is -0.142. The Morgan fingerprint density at radius 3 is 2.75 bits per heavy atom. The summed E-state index contributed by atoms with van der Waals surface area (Å²) in [6, 6.07) is 5.40. The van der Waals surface area contributed by atoms with Gasteiger partial charge >= 0.3 is 0 Å². The normalized spacial score (nSPS) is 30.9. The summed E-state index contributed by atoms with van der Waals surface area (Å²) in [5, 5.41) is 6.39. The number of nitrogens with zero attached hydrogens (tertiary/aromatic N) is 1. The van der Waals surface area contributed by atoms with Gasteiger partial charge in [-0.25, -0.2) is 0 Å². The third-order valence-corrected chi connectivity index (χ3v) is 7.27. The van der Waals surface area contributed by atoms with Crippen molar-refractivity contribution in [1.29, 1.82) is 0 Å². The summed E-state index contributed by atoms with van der Waals surface area (Å²) in [6.45, 7) is 2.47. The minimum atomic E-state index is -1.18. The molecule has 1 spiro atoms. The summed E-state index contributed by atoms with van der Waals surface area (Å²) in [4.78, 5) is 41.2. The van der Waals surface area contributed by atoms with Crippen LogP contribution in [0, 0.1) is 11.8 Å². The summed E-state index contributed by atoms with van der Waals surface area (Å²) in [6.07, 6.45) is 4.44. The van der Waals surface area contributed by atoms with Crippen LogP contribution < -0.4 is 10.6 Å². The topological polar surface area (TPSA) is 78.5 Å². The number of carbonyl (C=O) groups excluding carboxylic acids is 3. The number of anilines is 1. The van der Waals surface area contributed by atoms with Crippen molar-refractivity contribution in [2.75, 3.05) is 23.9 Å². The molecule has 3 amide bonds. The second-order valence-corrected chi connectivity index (χ2v) is 9.57. The van der Waals surface area contributed by atoms with Crippen LogP contribution in [0.3, 0.4) is 0 Å². The van der Waals surface area contributed by atoms with E-state index in [4.69, 9.17) is 0 Å². The molecule has 0 saturated carbocycles. The average Bonchev–Trinajstić information content (AvgIpc) is 3.24. The fraction of sp³-hybridized carbons (Fsp3) is 0.550. The van der Waals surface area contributed by atoms with E-state index in [-0.39, 0.29) is 23.8 Å². The lowest BCUT2D eigenvalue weighted by Crippen LogP contribution is -2.53. The molecule has 3 heterocycles. The van der Waals surface area contributed by atoms with Gasteiger partial charge in [-0.3, -0.25) is 24.6 Å². The fourth-order valence-corrected chi connectivity index (χ4v) is 5.71. The van der Waals surface area contributed by atoms with E-state index >= 15 is 0 Å². The Labute approximate surface area is 177 Å². The SMILES string of the molecule is CCCCN1C(=O)[C@@H]2C(CCSC)NC3(C(=O)Nc4ccc(Br)cc43)[C@@H]2C1=O. The number of benzene rings is 1. The number of rotatable bonds is 6. The molecule has 0 bridgehead atoms. The quantitative estimate of drug-likeness (QED) is 0.631. The zero-order chi connectivity index (χ0) is 20.1. The first-order valence-corrected chi connectivity index (χ1v) is 11.9. The molecule has 150 valence electrons. The number of nitrogens with one attached hydrogen (secondary N) is 2. The maximum absolute atomic E-state index is 13.4. The number of hydrogen-bond acceptors (Lipinski definition) is 5. The molecule has 0 aliphatic carbocycles. The smallest absolute Gasteiger partial charge is 0.250 e. The van der Waals surface area contributed by atoms with Crippen molar-refractivity contribution in [1.82, 2.24) is 10.2 Å². The van der Waals surface area contributed by atoms with Crippen LogP contribution in [-0.4, -0.2) is 47.2 Å². The van der Waals surface area contributed by atoms with Crippen molar-refractivity contribution in [2.24, 2.45) is 11.8 Å². The number of likely N-dealkylation sites (tertiary alicyclic amines) is 1. The van der Waals surface area contributed by atoms with Crippen molar-refractivity contribution < 1.29 is 14.4 Å². The number of fused-ring (bicyclic) bond motifs is 4. The Balaban J connectivity index is 1.81. The molecule has 2 N–H and O–H groups in total. The van der Waals surface area contributed by atoms with Gasteiger partial charge in [0.15, 0.2) is 0 Å². The van der Waals surface area contributed by atoms with Gasteiger partial charge in [0.1, 0.15) is 5.54 Å². The molecule has 8 heteroatoms. The van der Waals surface area contributed by atoms with Gasteiger partial charge < -0.3 is 5.32 Å². The summed E-state index contributed by atoms with van der Waals surface area (Å²) in [7, 11) is 0. The molecular formula is C20H24BrN3O3S. The highest BCUT2D eigenvalue weighted by Crippen LogP contribution is 2.53. The van der Waals surface area contributed by atoms with Crippen LogP contribution in [0.5, 0.6) is 0 Å². The van der Waals surface area contributed by atoms with Crippen LogP contribution in [0.2, 0.25) is 0 Å². The lowest BCUT2D eigenvalue weighted by Gasteiger charge is -2.29. The van der Waals surface area contributed by atoms with E-state index in [2.05, 4.69) is 26.6 Å². The van der Waals surface area contributed by atoms with Crippen LogP contribution in [0.25, 0.3) is 0 Å². The molecule has 2 saturated heterocycles. The van der Waals surface area contributed by atoms with Gasteiger partial charge in [-0.1, -0.05) is 29.3 Å². The van der Waals surface area contributed by atoms with Gasteiger partial charge in [-0.2, -0.15) is 11.8 Å². The number of carbonyl (C=O) groups is 3. The molecule has 0 aromatic heterocycles. The molecule has 3 aliphatic rings. The van der Waals surface area contributed by atoms with Crippen molar-refractivity contribution >= 4 is 51.1 Å². The second-order valence-electron chi connectivity index (χ2n) is 7.67. The van der Waals surface area contributed by atoms with Crippen molar-refractivity contribution in [3.05, 3.63) is 28.2 Å². The maximum Gasteiger partial charge on any atom is 0.250 e. The molecule has 0 radical (unpaired) electrons. The Bertz CT molecular complexity index is 848. The van der Waals surface area contributed by atoms with Gasteiger partial charge in [-0.15, -0.1) is 0 Å². The maximum atomic E-state index is 13.4. The molecule has 4 rings (SSSR count). The summed E-state index contributed by atoms with van der Waals surface area (Å²) >= 11 is 5.19. The monoisotopic (exact) mass is 465 g/mol. The largest absolute Gasteiger partial charge is 0.324 e. The first kappa shape index (κ1) is 19.9. The van der Waals surface area contributed by atoms with Gasteiger partial charge in [0.05, 0.1) is 11.8 Å². The molecule has 4 atom stereocenters. The highest BCUT2D eigenvalue weighted by atomic mass is 79.9. The van der Waals surface area contributed by atoms with E-state index in [9.17, 15) is 14.4 Å². The zero-order valence-corrected chi connectivity index (χ0v) is 18.4. The van der Waals surface area contributed by atoms with Gasteiger partial charge in [0, 0.05) is 28.3 Å². The first-order chi connectivity index (χ1) is 13.5. The Morgan fingerprint density at radius 2 is 2.04 bits per heavy atom. The molecule has 3 aliphatic heterocycles. The number of hydrogen-bond donors (Lipinski definition) is 2. The highest BCUT2D eigenvalue weighted by Gasteiger charge is 2.70. The van der Waals surface area contributed by atoms with Gasteiger partial charge in [0.2, 0.25) is 17.7 Å². The minimum absolute atomic E-state index is 0.129. The van der Waals surface area contributed by atoms with E-state index in [1.54, 1.807) is 11.8 Å². The first-order valence-electron chi connectivity index (χ1n) is 9.69. The number of halogens is 1. The summed E-state index contributed by atoms with van der Waals surface area (Å²) in [5.41, 5.74) is 0.282. The van der Waals surface area contributed by atoms with Crippen molar-refractivity contribution in [3.63, 3.8) is 0 Å². The predicted octanol–water partition coefficient (Wildman–Crippen LogP) is 2.72. The summed E-state index contributed by atoms with van der Waals surface area (Å²) in [5.74, 6) is -0.909. The standard InChI is InChI=1S/C20H24BrN3O3S/c1-3-4-8-24-17(25)15-14(7-9-28-2)23-20(16(15)18(24)26)12-10-11(21)5-6-13(12)22-19(20)27/h5-6,10,14-16,23H,3-4,7-9H2,1-2H3,(H,22,27)/t14?,15-,16+,20?/m1/s1. The molecule has 1 aromatic carbocycles. The van der Waals surface area contributed by atoms with Crippen LogP contribution in [0.15, 0.2) is 22.7 Å². The number of thioether (sulfide) groups is 1. The molecule has 28 heavy (non-hydrogen) atoms. The van der Waals surface area contributed by atoms with Crippen LogP contribution in [0.1, 0.15) is 31.7 Å². The molecule has 2 unspecified atom stereocenters. The lowest BCUT2D eigenvalue weighted by atomic mass is 9.76. The molecule has 2 fully saturated rings. The third kappa shape index (κ3) is 2.75. The Morgan fingerprint density at radius 1 is 1.25 bits per heavy atom. The average molecular weight is 466 g/mol. The van der Waals surface area contributed by atoms with Crippen LogP contribution in [-0.2, 0) is 19.9 Å². The minimum Gasteiger partial charge on any atom is -0.324 e. The predicted molar refractivity (Wildman–Crippen MR) is 113 cm³/mol. The van der Waals surface area contributed by atoms with Crippen molar-refractivity contribution in [3.8, 4) is 0 Å². The van der Waals surface area contributed by atoms with Crippen LogP contribution >= 0.6 is 27.7 Å². The van der Waals surface area contributed by atoms with Crippen molar-refractivity contribution in [2.45, 2.75) is 37.8 Å². The Hall–Kier alpha value is -1.38. The van der Waals surface area contributed by atoms with Gasteiger partial charge in [-0.05, 0) is 43.0 Å². The highest BCUT2D eigenvalue weighted by molar-refractivity contribution is 9.10. The van der Waals surface area contributed by atoms with E-state index in [1.165, 1.54) is 4.90 Å². The zero-order valence-electron chi connectivity index (χ0n) is 16.0. The molecule has 1 aromatic rings. The summed E-state index contributed by atoms with van der Waals surface area (Å²) < 4.78 is 0.840.